The first-order chi connectivity index (χ1) is 18.3. The third kappa shape index (κ3) is 6.80. The molecular formula is C30H24AuFN5P. The average molecular weight is 701 g/mol. The van der Waals surface area contributed by atoms with Crippen LogP contribution >= 0.6 is 7.92 Å². The Morgan fingerprint density at radius 1 is 0.658 bits per heavy atom. The number of imidazole rings is 1. The van der Waals surface area contributed by atoms with Gasteiger partial charge in [0.05, 0.1) is 11.8 Å². The van der Waals surface area contributed by atoms with Crippen molar-refractivity contribution in [2.45, 2.75) is 6.54 Å². The van der Waals surface area contributed by atoms with Gasteiger partial charge in [-0.25, -0.2) is 14.4 Å². The number of nitrogens with one attached hydrogen (secondary N) is 1. The maximum Gasteiger partial charge on any atom is 1.00 e. The van der Waals surface area contributed by atoms with Crippen LogP contribution in [0.1, 0.15) is 5.56 Å². The van der Waals surface area contributed by atoms with Gasteiger partial charge < -0.3 is 15.3 Å². The van der Waals surface area contributed by atoms with Crippen LogP contribution in [0.15, 0.2) is 128 Å². The van der Waals surface area contributed by atoms with Crippen LogP contribution in [0.4, 0.5) is 10.2 Å². The third-order valence-electron chi connectivity index (χ3n) is 5.60. The first-order valence-corrected chi connectivity index (χ1v) is 13.1. The smallest absolute Gasteiger partial charge is 0.459 e. The minimum Gasteiger partial charge on any atom is -0.459 e. The molecule has 0 fully saturated rings. The predicted octanol–water partition coefficient (Wildman–Crippen LogP) is 6.14. The van der Waals surface area contributed by atoms with E-state index in [-0.39, 0.29) is 34.7 Å². The van der Waals surface area contributed by atoms with Crippen LogP contribution in [0.2, 0.25) is 0 Å². The maximum absolute atomic E-state index is 13.4. The zero-order valence-corrected chi connectivity index (χ0v) is 23.3. The van der Waals surface area contributed by atoms with Crippen molar-refractivity contribution in [1.82, 2.24) is 19.9 Å². The number of hydrogen-bond donors (Lipinski definition) is 1. The van der Waals surface area contributed by atoms with E-state index in [2.05, 4.69) is 116 Å². The fraction of sp³-hybridized carbons (Fsp3) is 0.0333. The van der Waals surface area contributed by atoms with Crippen LogP contribution in [-0.4, -0.2) is 19.9 Å². The quantitative estimate of drug-likeness (QED) is 0.168. The summed E-state index contributed by atoms with van der Waals surface area (Å²) in [5.74, 6) is 0.219. The second-order valence-electron chi connectivity index (χ2n) is 8.05. The summed E-state index contributed by atoms with van der Waals surface area (Å²) < 4.78 is 13.4. The number of aromatic nitrogens is 4. The molecule has 2 heterocycles. The number of halogens is 1. The Morgan fingerprint density at radius 3 is 1.74 bits per heavy atom. The second-order valence-corrected chi connectivity index (χ2v) is 10.3. The molecule has 192 valence electrons. The minimum atomic E-state index is -0.446. The fourth-order valence-electron chi connectivity index (χ4n) is 3.84. The Morgan fingerprint density at radius 2 is 1.18 bits per heavy atom. The van der Waals surface area contributed by atoms with Gasteiger partial charge in [0, 0.05) is 6.33 Å². The summed E-state index contributed by atoms with van der Waals surface area (Å²) in [4.78, 5) is 15.0. The van der Waals surface area contributed by atoms with Gasteiger partial charge in [-0.3, -0.25) is 0 Å². The van der Waals surface area contributed by atoms with Gasteiger partial charge in [0.2, 0.25) is 0 Å². The first-order valence-electron chi connectivity index (χ1n) is 11.8. The monoisotopic (exact) mass is 701 g/mol. The molecule has 4 aromatic carbocycles. The number of nitrogens with zero attached hydrogens (tertiary/aromatic N) is 4. The molecule has 0 aliphatic heterocycles. The Labute approximate surface area is 237 Å². The van der Waals surface area contributed by atoms with E-state index in [1.807, 2.05) is 0 Å². The summed E-state index contributed by atoms with van der Waals surface area (Å²) in [5, 5.41) is 8.47. The number of rotatable bonds is 6. The molecule has 6 aromatic rings. The van der Waals surface area contributed by atoms with Crippen molar-refractivity contribution in [3.05, 3.63) is 145 Å². The summed E-state index contributed by atoms with van der Waals surface area (Å²) in [6.45, 7) is 0.234. The Balaban J connectivity index is 0.000000173. The van der Waals surface area contributed by atoms with Crippen molar-refractivity contribution in [2.75, 3.05) is 0 Å². The summed E-state index contributed by atoms with van der Waals surface area (Å²) in [6, 6.07) is 38.9. The normalized spacial score (nSPS) is 10.4. The van der Waals surface area contributed by atoms with Gasteiger partial charge >= 0.3 is 22.4 Å². The van der Waals surface area contributed by atoms with E-state index in [9.17, 15) is 4.39 Å². The number of H-pyrrole nitrogens is 1. The molecule has 0 amide bonds. The number of fused-ring (bicyclic) bond motifs is 1. The predicted molar refractivity (Wildman–Crippen MR) is 150 cm³/mol. The summed E-state index contributed by atoms with van der Waals surface area (Å²) in [7, 11) is -0.446. The Hall–Kier alpha value is -3.67. The maximum atomic E-state index is 13.4. The van der Waals surface area contributed by atoms with Crippen LogP contribution in [0, 0.1) is 5.82 Å². The molecule has 0 aliphatic carbocycles. The number of benzene rings is 4. The molecule has 0 spiro atoms. The first kappa shape index (κ1) is 27.4. The third-order valence-corrected chi connectivity index (χ3v) is 8.05. The molecule has 0 radical (unpaired) electrons. The topological polar surface area (TPSA) is 68.6 Å². The van der Waals surface area contributed by atoms with Crippen LogP contribution in [0.25, 0.3) is 16.5 Å². The molecule has 5 nitrogen and oxygen atoms in total. The fourth-order valence-corrected chi connectivity index (χ4v) is 6.14. The van der Waals surface area contributed by atoms with E-state index < -0.39 is 7.92 Å². The van der Waals surface area contributed by atoms with E-state index in [4.69, 9.17) is 0 Å². The average Bonchev–Trinajstić information content (AvgIpc) is 3.45. The zero-order valence-electron chi connectivity index (χ0n) is 20.2. The molecular weight excluding hydrogens is 677 g/mol. The standard InChI is InChI=1S/C18H15P.C12H9FN5.Au/c1-4-10-16(11-5-1)19(17-12-6-2-7-13-17)18-14-8-3-9-15-18;13-9-4-2-1-3-8(9)5-14-11-10-12(16-6-15-10)18-7-17-11;/h1-15H;1-4,6-7H,5H2,(H-,14,15,16,17,18);/q;-1;+1. The van der Waals surface area contributed by atoms with Gasteiger partial charge in [-0.15, -0.1) is 0 Å². The minimum absolute atomic E-state index is 0. The van der Waals surface area contributed by atoms with Gasteiger partial charge in [0.1, 0.15) is 5.82 Å². The largest absolute Gasteiger partial charge is 1.00 e. The van der Waals surface area contributed by atoms with Crippen LogP contribution in [0.3, 0.4) is 0 Å². The molecule has 0 atom stereocenters. The molecule has 1 N–H and O–H groups in total. The van der Waals surface area contributed by atoms with E-state index in [1.54, 1.807) is 18.2 Å². The molecule has 0 aliphatic rings. The number of aromatic amines is 1. The zero-order chi connectivity index (χ0) is 25.3. The molecule has 2 aromatic heterocycles. The molecule has 0 saturated carbocycles. The Kier molecular flexibility index (Phi) is 9.90. The van der Waals surface area contributed by atoms with Crippen molar-refractivity contribution >= 4 is 40.8 Å². The summed E-state index contributed by atoms with van der Waals surface area (Å²) in [6.07, 6.45) is 2.92. The molecule has 0 saturated heterocycles. The molecule has 8 heteroatoms. The van der Waals surface area contributed by atoms with E-state index in [1.165, 1.54) is 34.6 Å². The van der Waals surface area contributed by atoms with Crippen molar-refractivity contribution in [2.24, 2.45) is 0 Å². The van der Waals surface area contributed by atoms with E-state index in [0.29, 0.717) is 22.5 Å². The molecule has 0 bridgehead atoms. The van der Waals surface area contributed by atoms with Gasteiger partial charge in [-0.05, 0) is 47.8 Å². The van der Waals surface area contributed by atoms with Gasteiger partial charge in [0.15, 0.2) is 5.65 Å². The summed E-state index contributed by atoms with van der Waals surface area (Å²) in [5.41, 5.74) is 1.75. The van der Waals surface area contributed by atoms with Crippen LogP contribution in [-0.2, 0) is 28.9 Å². The van der Waals surface area contributed by atoms with E-state index in [0.717, 1.165) is 0 Å². The van der Waals surface area contributed by atoms with Gasteiger partial charge in [-0.1, -0.05) is 109 Å². The molecule has 38 heavy (non-hydrogen) atoms. The number of hydrogen-bond acceptors (Lipinski definition) is 3. The second kappa shape index (κ2) is 13.8. The van der Waals surface area contributed by atoms with Crippen molar-refractivity contribution in [3.8, 4) is 0 Å². The van der Waals surface area contributed by atoms with Crippen molar-refractivity contribution in [1.29, 1.82) is 0 Å². The molecule has 6 rings (SSSR count). The van der Waals surface area contributed by atoms with Gasteiger partial charge in [-0.2, -0.15) is 0 Å². The van der Waals surface area contributed by atoms with Crippen LogP contribution in [0.5, 0.6) is 0 Å². The Bertz CT molecular complexity index is 1460. The molecule has 0 unspecified atom stereocenters. The van der Waals surface area contributed by atoms with Crippen LogP contribution < -0.4 is 15.9 Å². The van der Waals surface area contributed by atoms with E-state index >= 15 is 0 Å². The van der Waals surface area contributed by atoms with Crippen molar-refractivity contribution in [3.63, 3.8) is 0 Å². The summed E-state index contributed by atoms with van der Waals surface area (Å²) >= 11 is 0. The SMILES string of the molecule is Fc1ccccc1C[N-]c1ncnc2nc[nH]c12.[Au+].c1ccc(P(c2ccccc2)c2ccccc2)cc1. The van der Waals surface area contributed by atoms with Gasteiger partial charge in [0.25, 0.3) is 0 Å². The van der Waals surface area contributed by atoms with Crippen molar-refractivity contribution < 1.29 is 26.8 Å².